The monoisotopic (exact) mass is 435 g/mol. The van der Waals surface area contributed by atoms with Crippen LogP contribution in [-0.4, -0.2) is 27.2 Å². The van der Waals surface area contributed by atoms with Crippen LogP contribution in [0.15, 0.2) is 88.4 Å². The summed E-state index contributed by atoms with van der Waals surface area (Å²) in [6.45, 7) is 0.579. The summed E-state index contributed by atoms with van der Waals surface area (Å²) in [6.07, 6.45) is 1.68. The Hall–Kier alpha value is -3.58. The van der Waals surface area contributed by atoms with Crippen molar-refractivity contribution in [3.63, 3.8) is 0 Å². The lowest BCUT2D eigenvalue weighted by Gasteiger charge is -2.10. The van der Waals surface area contributed by atoms with E-state index in [2.05, 4.69) is 28.3 Å². The number of hydrogen-bond acceptors (Lipinski definition) is 6. The van der Waals surface area contributed by atoms with Crippen LogP contribution in [0.25, 0.3) is 22.1 Å². The molecule has 0 spiro atoms. The van der Waals surface area contributed by atoms with E-state index in [1.54, 1.807) is 18.4 Å². The summed E-state index contributed by atoms with van der Waals surface area (Å²) in [5.74, 6) is -1.46. The second-order valence-corrected chi connectivity index (χ2v) is 9.08. The second kappa shape index (κ2) is 8.65. The van der Waals surface area contributed by atoms with E-state index in [0.717, 1.165) is 40.5 Å². The van der Waals surface area contributed by atoms with Crippen molar-refractivity contribution >= 4 is 32.5 Å². The number of esters is 1. The van der Waals surface area contributed by atoms with Gasteiger partial charge < -0.3 is 14.5 Å². The molecule has 158 valence electrons. The van der Waals surface area contributed by atoms with Crippen molar-refractivity contribution in [2.24, 2.45) is 0 Å². The third-order valence-corrected chi connectivity index (χ3v) is 6.56. The van der Waals surface area contributed by atoms with E-state index in [0.29, 0.717) is 6.54 Å². The molecule has 0 amide bonds. The molecule has 1 aromatic heterocycles. The van der Waals surface area contributed by atoms with E-state index in [9.17, 15) is 13.2 Å². The summed E-state index contributed by atoms with van der Waals surface area (Å²) >= 11 is 0. The van der Waals surface area contributed by atoms with Gasteiger partial charge in [-0.05, 0) is 65.2 Å². The third-order valence-electron chi connectivity index (χ3n) is 4.96. The van der Waals surface area contributed by atoms with Crippen LogP contribution in [-0.2, 0) is 25.9 Å². The lowest BCUT2D eigenvalue weighted by molar-refractivity contribution is -0.137. The number of methoxy groups -OCH3 is 1. The molecular weight excluding hydrogens is 414 g/mol. The van der Waals surface area contributed by atoms with Gasteiger partial charge in [0.1, 0.15) is 5.58 Å². The minimum Gasteiger partial charge on any atom is -0.468 e. The number of carbonyl (C=O) groups is 1. The summed E-state index contributed by atoms with van der Waals surface area (Å²) < 4.78 is 34.2. The third kappa shape index (κ3) is 4.78. The molecule has 0 fully saturated rings. The van der Waals surface area contributed by atoms with Crippen molar-refractivity contribution in [1.82, 2.24) is 0 Å². The summed E-state index contributed by atoms with van der Waals surface area (Å²) in [6, 6.07) is 22.6. The zero-order chi connectivity index (χ0) is 21.8. The van der Waals surface area contributed by atoms with Gasteiger partial charge in [0.15, 0.2) is 15.6 Å². The van der Waals surface area contributed by atoms with Crippen LogP contribution in [0, 0.1) is 0 Å². The molecule has 31 heavy (non-hydrogen) atoms. The van der Waals surface area contributed by atoms with E-state index in [4.69, 9.17) is 4.42 Å². The molecule has 1 N–H and O–H groups in total. The first-order valence-corrected chi connectivity index (χ1v) is 11.3. The molecule has 0 unspecified atom stereocenters. The Kier molecular flexibility index (Phi) is 5.77. The number of carbonyl (C=O) groups excluding carboxylic acids is 1. The van der Waals surface area contributed by atoms with Crippen LogP contribution in [0.4, 0.5) is 5.69 Å². The van der Waals surface area contributed by atoms with Crippen LogP contribution < -0.4 is 5.32 Å². The highest BCUT2D eigenvalue weighted by atomic mass is 32.2. The first-order valence-electron chi connectivity index (χ1n) is 9.65. The molecule has 0 aliphatic heterocycles. The first-order chi connectivity index (χ1) is 14.9. The predicted molar refractivity (Wildman–Crippen MR) is 119 cm³/mol. The minimum atomic E-state index is -3.71. The fourth-order valence-electron chi connectivity index (χ4n) is 3.29. The van der Waals surface area contributed by atoms with Gasteiger partial charge in [-0.1, -0.05) is 24.3 Å². The average molecular weight is 436 g/mol. The molecule has 0 radical (unpaired) electrons. The first kappa shape index (κ1) is 20.7. The number of sulfone groups is 1. The van der Waals surface area contributed by atoms with Crippen LogP contribution in [0.1, 0.15) is 5.56 Å². The van der Waals surface area contributed by atoms with Crippen LogP contribution in [0.5, 0.6) is 0 Å². The molecule has 6 nitrogen and oxygen atoms in total. The number of nitrogens with one attached hydrogen (secondary N) is 1. The standard InChI is InChI=1S/C24H21NO5S/c1-29-24(26)16-31(27,28)22-8-6-21(7-9-22)25-15-17-3-2-4-18(13-17)19-5-10-23-20(14-19)11-12-30-23/h2-14,25H,15-16H2,1H3. The van der Waals surface area contributed by atoms with E-state index < -0.39 is 21.6 Å². The Morgan fingerprint density at radius 1 is 0.968 bits per heavy atom. The van der Waals surface area contributed by atoms with Crippen LogP contribution >= 0.6 is 0 Å². The van der Waals surface area contributed by atoms with Gasteiger partial charge in [0.25, 0.3) is 0 Å². The van der Waals surface area contributed by atoms with Crippen LogP contribution in [0.2, 0.25) is 0 Å². The Morgan fingerprint density at radius 2 is 1.74 bits per heavy atom. The molecule has 4 aromatic rings. The quantitative estimate of drug-likeness (QED) is 0.425. The van der Waals surface area contributed by atoms with Crippen molar-refractivity contribution < 1.29 is 22.4 Å². The molecule has 3 aromatic carbocycles. The fraction of sp³-hybridized carbons (Fsp3) is 0.125. The maximum absolute atomic E-state index is 12.2. The van der Waals surface area contributed by atoms with Gasteiger partial charge >= 0.3 is 5.97 Å². The van der Waals surface area contributed by atoms with Crippen molar-refractivity contribution in [2.75, 3.05) is 18.2 Å². The van der Waals surface area contributed by atoms with Crippen molar-refractivity contribution in [2.45, 2.75) is 11.4 Å². The summed E-state index contributed by atoms with van der Waals surface area (Å²) in [7, 11) is -2.55. The fourth-order valence-corrected chi connectivity index (χ4v) is 4.43. The van der Waals surface area contributed by atoms with Gasteiger partial charge in [0, 0.05) is 17.6 Å². The lowest BCUT2D eigenvalue weighted by Crippen LogP contribution is -2.17. The Bertz CT molecular complexity index is 1320. The van der Waals surface area contributed by atoms with Gasteiger partial charge in [-0.3, -0.25) is 4.79 Å². The maximum Gasteiger partial charge on any atom is 0.321 e. The molecule has 0 aliphatic rings. The maximum atomic E-state index is 12.2. The highest BCUT2D eigenvalue weighted by Gasteiger charge is 2.19. The van der Waals surface area contributed by atoms with Gasteiger partial charge in [0.2, 0.25) is 0 Å². The normalized spacial score (nSPS) is 11.4. The zero-order valence-corrected chi connectivity index (χ0v) is 17.7. The minimum absolute atomic E-state index is 0.0834. The van der Waals surface area contributed by atoms with Gasteiger partial charge in [-0.15, -0.1) is 0 Å². The molecule has 0 aliphatic carbocycles. The number of fused-ring (bicyclic) bond motifs is 1. The smallest absolute Gasteiger partial charge is 0.321 e. The van der Waals surface area contributed by atoms with E-state index in [-0.39, 0.29) is 4.90 Å². The van der Waals surface area contributed by atoms with Gasteiger partial charge in [-0.2, -0.15) is 0 Å². The molecule has 0 saturated heterocycles. The molecule has 4 rings (SSSR count). The topological polar surface area (TPSA) is 85.6 Å². The lowest BCUT2D eigenvalue weighted by atomic mass is 10.0. The molecule has 0 atom stereocenters. The van der Waals surface area contributed by atoms with Crippen LogP contribution in [0.3, 0.4) is 0 Å². The number of anilines is 1. The van der Waals surface area contributed by atoms with Gasteiger partial charge in [-0.25, -0.2) is 8.42 Å². The second-order valence-electron chi connectivity index (χ2n) is 7.09. The number of rotatable bonds is 7. The highest BCUT2D eigenvalue weighted by Crippen LogP contribution is 2.26. The zero-order valence-electron chi connectivity index (χ0n) is 16.9. The summed E-state index contributed by atoms with van der Waals surface area (Å²) in [5, 5.41) is 4.35. The number of furan rings is 1. The van der Waals surface area contributed by atoms with E-state index >= 15 is 0 Å². The molecule has 0 bridgehead atoms. The summed E-state index contributed by atoms with van der Waals surface area (Å²) in [4.78, 5) is 11.4. The molecular formula is C24H21NO5S. The summed E-state index contributed by atoms with van der Waals surface area (Å²) in [5.41, 5.74) is 4.94. The van der Waals surface area contributed by atoms with Crippen molar-refractivity contribution in [3.05, 3.63) is 84.6 Å². The van der Waals surface area contributed by atoms with E-state index in [1.165, 1.54) is 12.1 Å². The number of ether oxygens (including phenoxy) is 1. The predicted octanol–water partition coefficient (Wildman–Crippen LogP) is 4.66. The number of benzene rings is 3. The largest absolute Gasteiger partial charge is 0.468 e. The molecule has 1 heterocycles. The Morgan fingerprint density at radius 3 is 2.52 bits per heavy atom. The molecule has 7 heteroatoms. The number of hydrogen-bond donors (Lipinski definition) is 1. The average Bonchev–Trinajstić information content (AvgIpc) is 3.26. The Labute approximate surface area is 180 Å². The highest BCUT2D eigenvalue weighted by molar-refractivity contribution is 7.92. The van der Waals surface area contributed by atoms with Gasteiger partial charge in [0.05, 0.1) is 18.3 Å². The SMILES string of the molecule is COC(=O)CS(=O)(=O)c1ccc(NCc2cccc(-c3ccc4occc4c3)c2)cc1. The van der Waals surface area contributed by atoms with E-state index in [1.807, 2.05) is 30.3 Å². The van der Waals surface area contributed by atoms with Crippen molar-refractivity contribution in [3.8, 4) is 11.1 Å². The molecule has 0 saturated carbocycles. The Balaban J connectivity index is 1.45. The van der Waals surface area contributed by atoms with Crippen molar-refractivity contribution in [1.29, 1.82) is 0 Å².